The molecule has 0 fully saturated rings. The second-order valence-corrected chi connectivity index (χ2v) is 6.43. The average molecular weight is 375 g/mol. The van der Waals surface area contributed by atoms with Crippen LogP contribution in [0.2, 0.25) is 0 Å². The first-order valence-electron chi connectivity index (χ1n) is 9.04. The van der Waals surface area contributed by atoms with E-state index < -0.39 is 5.97 Å². The summed E-state index contributed by atoms with van der Waals surface area (Å²) in [5.41, 5.74) is 4.20. The average Bonchev–Trinajstić information content (AvgIpc) is 3.08. The van der Waals surface area contributed by atoms with E-state index in [1.807, 2.05) is 48.0 Å². The third-order valence-corrected chi connectivity index (χ3v) is 4.43. The molecule has 0 unspecified atom stereocenters. The van der Waals surface area contributed by atoms with Crippen LogP contribution in [0.3, 0.4) is 0 Å². The molecule has 3 aromatic rings. The summed E-state index contributed by atoms with van der Waals surface area (Å²) < 4.78 is 7.67. The van der Waals surface area contributed by atoms with Gasteiger partial charge in [0.05, 0.1) is 23.9 Å². The molecule has 3 rings (SSSR count). The van der Waals surface area contributed by atoms with Gasteiger partial charge in [-0.15, -0.1) is 0 Å². The maximum Gasteiger partial charge on any atom is 0.303 e. The second-order valence-electron chi connectivity index (χ2n) is 6.43. The molecule has 6 heteroatoms. The van der Waals surface area contributed by atoms with Gasteiger partial charge in [0.15, 0.2) is 0 Å². The first-order valence-corrected chi connectivity index (χ1v) is 9.04. The summed E-state index contributed by atoms with van der Waals surface area (Å²) >= 11 is 0. The molecule has 0 aliphatic carbocycles. The Hall–Kier alpha value is -3.59. The summed E-state index contributed by atoms with van der Waals surface area (Å²) in [6.45, 7) is 3.00. The fraction of sp³-hybridized carbons (Fsp3) is 0.227. The van der Waals surface area contributed by atoms with E-state index in [4.69, 9.17) is 9.84 Å². The zero-order valence-corrected chi connectivity index (χ0v) is 15.6. The number of benzene rings is 2. The number of carboxylic acid groups (broad SMARTS) is 1. The predicted molar refractivity (Wildman–Crippen MR) is 105 cm³/mol. The van der Waals surface area contributed by atoms with E-state index in [1.54, 1.807) is 18.2 Å². The van der Waals surface area contributed by atoms with Crippen LogP contribution in [0, 0.1) is 18.3 Å². The molecule has 0 radical (unpaired) electrons. The van der Waals surface area contributed by atoms with Crippen molar-refractivity contribution in [1.29, 1.82) is 5.26 Å². The molecular formula is C22H21N3O3. The van der Waals surface area contributed by atoms with Crippen LogP contribution in [0.25, 0.3) is 11.3 Å². The number of nitrogens with zero attached hydrogens (tertiary/aromatic N) is 3. The zero-order chi connectivity index (χ0) is 19.9. The van der Waals surface area contributed by atoms with Crippen LogP contribution in [0.1, 0.15) is 23.2 Å². The summed E-state index contributed by atoms with van der Waals surface area (Å²) in [5, 5.41) is 22.7. The Morgan fingerprint density at radius 2 is 2.00 bits per heavy atom. The number of aliphatic carboxylic acids is 1. The largest absolute Gasteiger partial charge is 0.492 e. The SMILES string of the molecule is Cc1cc(-c2ccccc2)nn1CCOc1ccc(CCC(=O)O)c(C#N)c1. The van der Waals surface area contributed by atoms with E-state index in [1.165, 1.54) is 0 Å². The van der Waals surface area contributed by atoms with E-state index in [0.717, 1.165) is 17.0 Å². The predicted octanol–water partition coefficient (Wildman–Crippen LogP) is 3.83. The number of carboxylic acids is 1. The molecule has 0 saturated carbocycles. The van der Waals surface area contributed by atoms with E-state index in [0.29, 0.717) is 36.4 Å². The van der Waals surface area contributed by atoms with Crippen molar-refractivity contribution in [2.24, 2.45) is 0 Å². The lowest BCUT2D eigenvalue weighted by atomic mass is 10.0. The Bertz CT molecular complexity index is 1000. The molecule has 142 valence electrons. The van der Waals surface area contributed by atoms with Gasteiger partial charge in [-0.3, -0.25) is 9.48 Å². The molecule has 2 aromatic carbocycles. The third-order valence-electron chi connectivity index (χ3n) is 4.43. The number of aryl methyl sites for hydroxylation is 2. The van der Waals surface area contributed by atoms with Gasteiger partial charge in [0.2, 0.25) is 0 Å². The topological polar surface area (TPSA) is 88.1 Å². The summed E-state index contributed by atoms with van der Waals surface area (Å²) in [7, 11) is 0. The lowest BCUT2D eigenvalue weighted by Gasteiger charge is -2.10. The van der Waals surface area contributed by atoms with Crippen molar-refractivity contribution in [3.05, 3.63) is 71.4 Å². The van der Waals surface area contributed by atoms with E-state index in [-0.39, 0.29) is 6.42 Å². The van der Waals surface area contributed by atoms with Crippen molar-refractivity contribution in [3.8, 4) is 23.1 Å². The van der Waals surface area contributed by atoms with Crippen LogP contribution in [0.5, 0.6) is 5.75 Å². The Morgan fingerprint density at radius 1 is 1.21 bits per heavy atom. The van der Waals surface area contributed by atoms with Crippen molar-refractivity contribution < 1.29 is 14.6 Å². The van der Waals surface area contributed by atoms with Gasteiger partial charge in [-0.2, -0.15) is 10.4 Å². The van der Waals surface area contributed by atoms with Crippen molar-refractivity contribution in [2.75, 3.05) is 6.61 Å². The number of hydrogen-bond acceptors (Lipinski definition) is 4. The van der Waals surface area contributed by atoms with Crippen molar-refractivity contribution in [1.82, 2.24) is 9.78 Å². The third kappa shape index (κ3) is 4.77. The van der Waals surface area contributed by atoms with Gasteiger partial charge in [-0.1, -0.05) is 36.4 Å². The molecule has 0 saturated heterocycles. The van der Waals surface area contributed by atoms with Gasteiger partial charge in [-0.05, 0) is 37.1 Å². The van der Waals surface area contributed by atoms with Gasteiger partial charge in [0.1, 0.15) is 12.4 Å². The highest BCUT2D eigenvalue weighted by molar-refractivity contribution is 5.67. The number of hydrogen-bond donors (Lipinski definition) is 1. The van der Waals surface area contributed by atoms with Gasteiger partial charge < -0.3 is 9.84 Å². The van der Waals surface area contributed by atoms with Crippen molar-refractivity contribution >= 4 is 5.97 Å². The van der Waals surface area contributed by atoms with Crippen LogP contribution < -0.4 is 4.74 Å². The lowest BCUT2D eigenvalue weighted by Crippen LogP contribution is -2.11. The highest BCUT2D eigenvalue weighted by atomic mass is 16.5. The molecule has 1 aromatic heterocycles. The summed E-state index contributed by atoms with van der Waals surface area (Å²) in [6.07, 6.45) is 0.324. The molecule has 28 heavy (non-hydrogen) atoms. The molecule has 0 bridgehead atoms. The molecule has 6 nitrogen and oxygen atoms in total. The van der Waals surface area contributed by atoms with E-state index >= 15 is 0 Å². The normalized spacial score (nSPS) is 10.4. The highest BCUT2D eigenvalue weighted by Crippen LogP contribution is 2.20. The highest BCUT2D eigenvalue weighted by Gasteiger charge is 2.09. The van der Waals surface area contributed by atoms with Gasteiger partial charge in [0, 0.05) is 17.7 Å². The maximum absolute atomic E-state index is 10.7. The Kier molecular flexibility index (Phi) is 6.07. The van der Waals surface area contributed by atoms with Crippen LogP contribution in [0.4, 0.5) is 0 Å². The molecule has 0 spiro atoms. The van der Waals surface area contributed by atoms with Crippen LogP contribution in [0.15, 0.2) is 54.6 Å². The molecular weight excluding hydrogens is 354 g/mol. The molecule has 0 amide bonds. The number of aromatic nitrogens is 2. The zero-order valence-electron chi connectivity index (χ0n) is 15.6. The number of carbonyl (C=O) groups is 1. The Balaban J connectivity index is 1.61. The summed E-state index contributed by atoms with van der Waals surface area (Å²) in [6, 6.07) is 19.3. The fourth-order valence-corrected chi connectivity index (χ4v) is 2.95. The van der Waals surface area contributed by atoms with Crippen molar-refractivity contribution in [2.45, 2.75) is 26.3 Å². The van der Waals surface area contributed by atoms with Gasteiger partial charge in [0.25, 0.3) is 0 Å². The molecule has 1 heterocycles. The number of rotatable bonds is 8. The van der Waals surface area contributed by atoms with E-state index in [9.17, 15) is 10.1 Å². The lowest BCUT2D eigenvalue weighted by molar-refractivity contribution is -0.136. The molecule has 0 aliphatic heterocycles. The fourth-order valence-electron chi connectivity index (χ4n) is 2.95. The minimum atomic E-state index is -0.881. The summed E-state index contributed by atoms with van der Waals surface area (Å²) in [4.78, 5) is 10.7. The Morgan fingerprint density at radius 3 is 2.71 bits per heavy atom. The molecule has 0 aliphatic rings. The minimum Gasteiger partial charge on any atom is -0.492 e. The number of ether oxygens (including phenoxy) is 1. The monoisotopic (exact) mass is 375 g/mol. The summed E-state index contributed by atoms with van der Waals surface area (Å²) in [5.74, 6) is -0.294. The van der Waals surface area contributed by atoms with Crippen LogP contribution >= 0.6 is 0 Å². The Labute approximate surface area is 163 Å². The second kappa shape index (κ2) is 8.87. The van der Waals surface area contributed by atoms with Crippen molar-refractivity contribution in [3.63, 3.8) is 0 Å². The minimum absolute atomic E-state index is 0.00277. The van der Waals surface area contributed by atoms with Crippen LogP contribution in [-0.4, -0.2) is 27.5 Å². The van der Waals surface area contributed by atoms with E-state index in [2.05, 4.69) is 11.2 Å². The molecule has 1 N–H and O–H groups in total. The number of nitriles is 1. The quantitative estimate of drug-likeness (QED) is 0.646. The first-order chi connectivity index (χ1) is 13.6. The van der Waals surface area contributed by atoms with Crippen LogP contribution in [-0.2, 0) is 17.8 Å². The smallest absolute Gasteiger partial charge is 0.303 e. The molecule has 0 atom stereocenters. The van der Waals surface area contributed by atoms with Gasteiger partial charge >= 0.3 is 5.97 Å². The first kappa shape index (κ1) is 19.2. The standard InChI is InChI=1S/C22H21N3O3/c1-16-13-21(18-5-3-2-4-6-18)24-25(16)11-12-28-20-9-7-17(8-10-22(26)27)19(14-20)15-23/h2-7,9,13-14H,8,10-12H2,1H3,(H,26,27). The maximum atomic E-state index is 10.7. The van der Waals surface area contributed by atoms with Gasteiger partial charge in [-0.25, -0.2) is 0 Å².